The van der Waals surface area contributed by atoms with Crippen LogP contribution in [0.2, 0.25) is 0 Å². The summed E-state index contributed by atoms with van der Waals surface area (Å²) in [5.74, 6) is 0.695. The number of fused-ring (bicyclic) bond motifs is 3. The summed E-state index contributed by atoms with van der Waals surface area (Å²) in [7, 11) is 0. The number of esters is 1. The van der Waals surface area contributed by atoms with Crippen molar-refractivity contribution in [3.05, 3.63) is 81.7 Å². The lowest BCUT2D eigenvalue weighted by atomic mass is 9.72. The Morgan fingerprint density at radius 3 is 2.45 bits per heavy atom. The van der Waals surface area contributed by atoms with E-state index in [1.54, 1.807) is 47.7 Å². The predicted octanol–water partition coefficient (Wildman–Crippen LogP) is 5.97. The van der Waals surface area contributed by atoms with Crippen LogP contribution in [-0.2, 0) is 12.8 Å². The summed E-state index contributed by atoms with van der Waals surface area (Å²) >= 11 is 1.73. The lowest BCUT2D eigenvalue weighted by Gasteiger charge is -2.34. The molecule has 2 atom stereocenters. The van der Waals surface area contributed by atoms with E-state index < -0.39 is 5.97 Å². The maximum Gasteiger partial charge on any atom is 0.343 e. The molecule has 5 rings (SSSR count). The van der Waals surface area contributed by atoms with Gasteiger partial charge in [0.05, 0.1) is 11.1 Å². The van der Waals surface area contributed by atoms with Crippen LogP contribution >= 0.6 is 11.3 Å². The van der Waals surface area contributed by atoms with Crippen LogP contribution in [-0.4, -0.2) is 11.9 Å². The Bertz CT molecular complexity index is 1190. The number of hydrogen-bond donors (Lipinski definition) is 2. The molecule has 1 aromatic heterocycles. The Balaban J connectivity index is 1.31. The molecule has 3 aromatic rings. The molecule has 0 bridgehead atoms. The fraction of sp³-hybridized carbons (Fsp3) is 0.333. The second kappa shape index (κ2) is 8.34. The molecular formula is C27H28N2O3S. The number of rotatable bonds is 3. The molecule has 2 aromatic carbocycles. The average Bonchev–Trinajstić information content (AvgIpc) is 3.18. The molecule has 0 saturated heterocycles. The third-order valence-corrected chi connectivity index (χ3v) is 7.89. The molecule has 1 amide bonds. The quantitative estimate of drug-likeness (QED) is 0.373. The van der Waals surface area contributed by atoms with Crippen LogP contribution in [0.25, 0.3) is 0 Å². The normalized spacial score (nSPS) is 19.7. The Labute approximate surface area is 198 Å². The smallest absolute Gasteiger partial charge is 0.343 e. The van der Waals surface area contributed by atoms with E-state index in [0.717, 1.165) is 35.4 Å². The predicted molar refractivity (Wildman–Crippen MR) is 131 cm³/mol. The summed E-state index contributed by atoms with van der Waals surface area (Å²) in [5, 5.41) is 7.58. The van der Waals surface area contributed by atoms with Gasteiger partial charge in [0.2, 0.25) is 0 Å². The zero-order valence-electron chi connectivity index (χ0n) is 19.1. The lowest BCUT2D eigenvalue weighted by molar-refractivity contribution is 0.0734. The van der Waals surface area contributed by atoms with Gasteiger partial charge in [0.25, 0.3) is 5.91 Å². The van der Waals surface area contributed by atoms with Crippen molar-refractivity contribution in [1.29, 1.82) is 0 Å². The molecule has 0 saturated carbocycles. The van der Waals surface area contributed by atoms with Gasteiger partial charge in [-0.15, -0.1) is 11.3 Å². The maximum absolute atomic E-state index is 13.0. The molecule has 0 fully saturated rings. The number of nitrogens with one attached hydrogen (secondary N) is 2. The fourth-order valence-corrected chi connectivity index (χ4v) is 6.03. The topological polar surface area (TPSA) is 67.4 Å². The van der Waals surface area contributed by atoms with E-state index in [2.05, 4.69) is 31.4 Å². The Morgan fingerprint density at radius 2 is 1.76 bits per heavy atom. The molecule has 2 unspecified atom stereocenters. The average molecular weight is 461 g/mol. The van der Waals surface area contributed by atoms with Crippen molar-refractivity contribution in [2.75, 3.05) is 5.32 Å². The third kappa shape index (κ3) is 4.27. The lowest BCUT2D eigenvalue weighted by Crippen LogP contribution is -2.38. The Kier molecular flexibility index (Phi) is 5.49. The van der Waals surface area contributed by atoms with E-state index in [1.165, 1.54) is 10.4 Å². The highest BCUT2D eigenvalue weighted by atomic mass is 32.1. The molecule has 0 radical (unpaired) electrons. The monoisotopic (exact) mass is 460 g/mol. The van der Waals surface area contributed by atoms with E-state index in [4.69, 9.17) is 4.74 Å². The summed E-state index contributed by atoms with van der Waals surface area (Å²) in [6, 6.07) is 16.2. The van der Waals surface area contributed by atoms with Gasteiger partial charge in [0.1, 0.15) is 16.9 Å². The highest BCUT2D eigenvalue weighted by Crippen LogP contribution is 2.46. The van der Waals surface area contributed by atoms with Gasteiger partial charge < -0.3 is 15.4 Å². The minimum absolute atomic E-state index is 0.0139. The summed E-state index contributed by atoms with van der Waals surface area (Å²) in [6.07, 6.45) is 2.81. The van der Waals surface area contributed by atoms with E-state index in [0.29, 0.717) is 17.2 Å². The zero-order valence-corrected chi connectivity index (χ0v) is 19.9. The van der Waals surface area contributed by atoms with Gasteiger partial charge >= 0.3 is 5.97 Å². The van der Waals surface area contributed by atoms with E-state index in [1.807, 2.05) is 18.2 Å². The minimum Gasteiger partial charge on any atom is -0.423 e. The van der Waals surface area contributed by atoms with Gasteiger partial charge in [0, 0.05) is 4.88 Å². The van der Waals surface area contributed by atoms with Crippen molar-refractivity contribution >= 4 is 28.2 Å². The molecule has 2 heterocycles. The van der Waals surface area contributed by atoms with Crippen molar-refractivity contribution in [1.82, 2.24) is 5.32 Å². The van der Waals surface area contributed by atoms with Crippen LogP contribution in [0.1, 0.15) is 70.1 Å². The molecule has 1 aliphatic carbocycles. The van der Waals surface area contributed by atoms with E-state index in [9.17, 15) is 9.59 Å². The van der Waals surface area contributed by atoms with Gasteiger partial charge in [-0.05, 0) is 66.0 Å². The van der Waals surface area contributed by atoms with Crippen LogP contribution in [0.3, 0.4) is 0 Å². The molecule has 1 aliphatic heterocycles. The van der Waals surface area contributed by atoms with Crippen LogP contribution < -0.4 is 15.4 Å². The van der Waals surface area contributed by atoms with Gasteiger partial charge in [-0.2, -0.15) is 0 Å². The Hall–Kier alpha value is -3.12. The molecule has 2 N–H and O–H groups in total. The highest BCUT2D eigenvalue weighted by Gasteiger charge is 2.36. The summed E-state index contributed by atoms with van der Waals surface area (Å²) < 4.78 is 5.47. The first-order valence-corrected chi connectivity index (χ1v) is 12.2. The molecule has 6 heteroatoms. The number of ether oxygens (including phenoxy) is 1. The number of amides is 1. The number of carbonyl (C=O) groups is 2. The molecule has 5 nitrogen and oxygen atoms in total. The number of carbonyl (C=O) groups excluding carboxylic acids is 2. The first-order valence-electron chi connectivity index (χ1n) is 11.4. The summed E-state index contributed by atoms with van der Waals surface area (Å²) in [6.45, 7) is 6.91. The Morgan fingerprint density at radius 1 is 1.03 bits per heavy atom. The SMILES string of the molecule is CC(C)(C)C1CCc2c(sc3c2C(=O)NC(c2ccc(OC(=O)c4ccccc4)cc2)N3)C1. The summed E-state index contributed by atoms with van der Waals surface area (Å²) in [4.78, 5) is 26.7. The maximum atomic E-state index is 13.0. The number of hydrogen-bond acceptors (Lipinski definition) is 5. The van der Waals surface area contributed by atoms with Gasteiger partial charge in [-0.3, -0.25) is 4.79 Å². The van der Waals surface area contributed by atoms with Gasteiger partial charge in [-0.1, -0.05) is 51.1 Å². The number of thiophene rings is 1. The molecule has 2 aliphatic rings. The zero-order chi connectivity index (χ0) is 23.2. The van der Waals surface area contributed by atoms with Crippen LogP contribution in [0.4, 0.5) is 5.00 Å². The number of benzene rings is 2. The molecule has 0 spiro atoms. The highest BCUT2D eigenvalue weighted by molar-refractivity contribution is 7.16. The number of anilines is 1. The van der Waals surface area contributed by atoms with Crippen molar-refractivity contribution in [3.63, 3.8) is 0 Å². The first kappa shape index (κ1) is 21.7. The van der Waals surface area contributed by atoms with Crippen molar-refractivity contribution in [2.45, 2.75) is 46.2 Å². The van der Waals surface area contributed by atoms with Crippen LogP contribution in [0.5, 0.6) is 5.75 Å². The molecule has 170 valence electrons. The standard InChI is InChI=1S/C27H28N2O3S/c1-27(2,3)18-11-14-20-21(15-18)33-25-22(20)24(30)28-23(29-25)16-9-12-19(13-10-16)32-26(31)17-7-5-4-6-8-17/h4-10,12-13,18,23,29H,11,14-15H2,1-3H3,(H,28,30). The fourth-order valence-electron chi connectivity index (χ4n) is 4.67. The van der Waals surface area contributed by atoms with E-state index >= 15 is 0 Å². The molecule has 33 heavy (non-hydrogen) atoms. The summed E-state index contributed by atoms with van der Waals surface area (Å²) in [5.41, 5.74) is 3.74. The second-order valence-electron chi connectivity index (χ2n) is 9.89. The van der Waals surface area contributed by atoms with Crippen molar-refractivity contribution in [3.8, 4) is 5.75 Å². The molecular weight excluding hydrogens is 432 g/mol. The van der Waals surface area contributed by atoms with E-state index in [-0.39, 0.29) is 17.5 Å². The first-order chi connectivity index (χ1) is 15.8. The van der Waals surface area contributed by atoms with Crippen molar-refractivity contribution in [2.24, 2.45) is 11.3 Å². The van der Waals surface area contributed by atoms with Crippen molar-refractivity contribution < 1.29 is 14.3 Å². The second-order valence-corrected chi connectivity index (χ2v) is 11.0. The third-order valence-electron chi connectivity index (χ3n) is 6.70. The van der Waals surface area contributed by atoms with Crippen LogP contribution in [0, 0.1) is 11.3 Å². The van der Waals surface area contributed by atoms with Crippen LogP contribution in [0.15, 0.2) is 54.6 Å². The van der Waals surface area contributed by atoms with Gasteiger partial charge in [0.15, 0.2) is 0 Å². The minimum atomic E-state index is -0.394. The largest absolute Gasteiger partial charge is 0.423 e. The van der Waals surface area contributed by atoms with Gasteiger partial charge in [-0.25, -0.2) is 4.79 Å².